The lowest BCUT2D eigenvalue weighted by atomic mass is 10.1. The minimum absolute atomic E-state index is 0.0538. The van der Waals surface area contributed by atoms with Gasteiger partial charge in [-0.3, -0.25) is 4.79 Å². The molecular formula is C22H27N5OS. The Kier molecular flexibility index (Phi) is 6.59. The number of amides is 1. The fourth-order valence-electron chi connectivity index (χ4n) is 3.09. The van der Waals surface area contributed by atoms with Crippen LogP contribution in [0.4, 0.5) is 11.4 Å². The number of aryl methyl sites for hydroxylation is 3. The predicted octanol–water partition coefficient (Wildman–Crippen LogP) is 4.39. The molecule has 0 saturated carbocycles. The second-order valence-corrected chi connectivity index (χ2v) is 8.11. The quantitative estimate of drug-likeness (QED) is 0.566. The van der Waals surface area contributed by atoms with E-state index in [0.29, 0.717) is 6.54 Å². The molecule has 0 spiro atoms. The highest BCUT2D eigenvalue weighted by Gasteiger charge is 2.13. The molecular weight excluding hydrogens is 382 g/mol. The molecule has 0 aliphatic heterocycles. The minimum atomic E-state index is -0.0538. The third-order valence-electron chi connectivity index (χ3n) is 5.04. The van der Waals surface area contributed by atoms with Gasteiger partial charge in [-0.25, -0.2) is 0 Å². The number of thioether (sulfide) groups is 1. The van der Waals surface area contributed by atoms with Crippen LogP contribution in [0.25, 0.3) is 0 Å². The smallest absolute Gasteiger partial charge is 0.234 e. The minimum Gasteiger partial charge on any atom is -0.377 e. The Morgan fingerprint density at radius 1 is 1.00 bits per heavy atom. The summed E-state index contributed by atoms with van der Waals surface area (Å²) in [6.07, 6.45) is 0. The van der Waals surface area contributed by atoms with Gasteiger partial charge in [0, 0.05) is 18.4 Å². The van der Waals surface area contributed by atoms with E-state index in [0.717, 1.165) is 33.5 Å². The fraction of sp³-hybridized carbons (Fsp3) is 0.318. The second kappa shape index (κ2) is 9.13. The van der Waals surface area contributed by atoms with E-state index in [1.54, 1.807) is 0 Å². The number of benzene rings is 2. The van der Waals surface area contributed by atoms with E-state index in [4.69, 9.17) is 0 Å². The average molecular weight is 410 g/mol. The number of aromatic nitrogens is 3. The summed E-state index contributed by atoms with van der Waals surface area (Å²) in [7, 11) is 1.92. The molecule has 0 aliphatic carbocycles. The topological polar surface area (TPSA) is 71.8 Å². The molecule has 0 saturated heterocycles. The molecule has 2 aromatic carbocycles. The van der Waals surface area contributed by atoms with E-state index in [9.17, 15) is 4.79 Å². The van der Waals surface area contributed by atoms with Crippen LogP contribution in [0.5, 0.6) is 0 Å². The maximum Gasteiger partial charge on any atom is 0.234 e. The first-order valence-electron chi connectivity index (χ1n) is 9.54. The molecule has 0 radical (unpaired) electrons. The van der Waals surface area contributed by atoms with Crippen LogP contribution in [0.3, 0.4) is 0 Å². The molecule has 1 amide bonds. The van der Waals surface area contributed by atoms with Crippen LogP contribution >= 0.6 is 11.8 Å². The molecule has 1 aromatic heterocycles. The van der Waals surface area contributed by atoms with E-state index in [-0.39, 0.29) is 11.7 Å². The molecule has 0 atom stereocenters. The third-order valence-corrected chi connectivity index (χ3v) is 6.06. The van der Waals surface area contributed by atoms with Crippen molar-refractivity contribution in [3.05, 3.63) is 64.5 Å². The van der Waals surface area contributed by atoms with Gasteiger partial charge in [0.05, 0.1) is 12.3 Å². The van der Waals surface area contributed by atoms with Gasteiger partial charge in [-0.15, -0.1) is 10.2 Å². The molecule has 6 nitrogen and oxygen atoms in total. The average Bonchev–Trinajstić information content (AvgIpc) is 3.03. The van der Waals surface area contributed by atoms with Crippen molar-refractivity contribution >= 4 is 29.0 Å². The van der Waals surface area contributed by atoms with Crippen molar-refractivity contribution in [2.75, 3.05) is 16.4 Å². The Morgan fingerprint density at radius 2 is 1.66 bits per heavy atom. The summed E-state index contributed by atoms with van der Waals surface area (Å²) in [5, 5.41) is 15.7. The third kappa shape index (κ3) is 4.98. The van der Waals surface area contributed by atoms with Gasteiger partial charge in [0.15, 0.2) is 11.0 Å². The second-order valence-electron chi connectivity index (χ2n) is 7.16. The number of rotatable bonds is 7. The number of hydrogen-bond donors (Lipinski definition) is 2. The molecule has 0 fully saturated rings. The monoisotopic (exact) mass is 409 g/mol. The highest BCUT2D eigenvalue weighted by atomic mass is 32.2. The zero-order valence-corrected chi connectivity index (χ0v) is 18.4. The van der Waals surface area contributed by atoms with E-state index in [2.05, 4.69) is 52.9 Å². The maximum absolute atomic E-state index is 12.4. The van der Waals surface area contributed by atoms with Crippen LogP contribution in [0.2, 0.25) is 0 Å². The Labute approximate surface area is 176 Å². The summed E-state index contributed by atoms with van der Waals surface area (Å²) >= 11 is 1.38. The van der Waals surface area contributed by atoms with Gasteiger partial charge >= 0.3 is 0 Å². The van der Waals surface area contributed by atoms with Crippen LogP contribution < -0.4 is 10.6 Å². The lowest BCUT2D eigenvalue weighted by molar-refractivity contribution is -0.113. The first kappa shape index (κ1) is 20.9. The van der Waals surface area contributed by atoms with Crippen molar-refractivity contribution < 1.29 is 4.79 Å². The highest BCUT2D eigenvalue weighted by molar-refractivity contribution is 7.99. The molecule has 1 heterocycles. The van der Waals surface area contributed by atoms with Crippen LogP contribution in [0.15, 0.2) is 41.6 Å². The summed E-state index contributed by atoms with van der Waals surface area (Å²) in [5.74, 6) is 1.05. The number of para-hydroxylation sites is 1. The van der Waals surface area contributed by atoms with Gasteiger partial charge in [0.1, 0.15) is 0 Å². The normalized spacial score (nSPS) is 10.8. The fourth-order valence-corrected chi connectivity index (χ4v) is 3.82. The molecule has 7 heteroatoms. The van der Waals surface area contributed by atoms with Crippen molar-refractivity contribution in [2.45, 2.75) is 39.4 Å². The number of carbonyl (C=O) groups excluding carboxylic acids is 1. The van der Waals surface area contributed by atoms with Gasteiger partial charge in [-0.05, 0) is 56.0 Å². The number of anilines is 2. The van der Waals surface area contributed by atoms with Crippen LogP contribution in [-0.4, -0.2) is 26.4 Å². The van der Waals surface area contributed by atoms with Crippen LogP contribution in [-0.2, 0) is 18.4 Å². The zero-order valence-electron chi connectivity index (χ0n) is 17.5. The molecule has 0 bridgehead atoms. The standard InChI is InChI=1S/C22H27N5OS/c1-14-8-7-11-18(17(14)4)24-20(28)13-29-22-26-25-19(27(22)5)12-23-21-15(2)9-6-10-16(21)3/h6-11,23H,12-13H2,1-5H3,(H,24,28). The summed E-state index contributed by atoms with van der Waals surface area (Å²) in [4.78, 5) is 12.4. The van der Waals surface area contributed by atoms with Crippen LogP contribution in [0.1, 0.15) is 28.1 Å². The van der Waals surface area contributed by atoms with Crippen molar-refractivity contribution in [3.63, 3.8) is 0 Å². The van der Waals surface area contributed by atoms with Crippen molar-refractivity contribution in [2.24, 2.45) is 7.05 Å². The number of nitrogens with one attached hydrogen (secondary N) is 2. The molecule has 29 heavy (non-hydrogen) atoms. The van der Waals surface area contributed by atoms with Gasteiger partial charge in [0.2, 0.25) is 5.91 Å². The number of hydrogen-bond acceptors (Lipinski definition) is 5. The van der Waals surface area contributed by atoms with E-state index >= 15 is 0 Å². The van der Waals surface area contributed by atoms with Gasteiger partial charge in [-0.1, -0.05) is 42.1 Å². The molecule has 3 rings (SSSR count). The molecule has 2 N–H and O–H groups in total. The number of carbonyl (C=O) groups is 1. The summed E-state index contributed by atoms with van der Waals surface area (Å²) in [6, 6.07) is 12.1. The van der Waals surface area contributed by atoms with E-state index < -0.39 is 0 Å². The number of nitrogens with zero attached hydrogens (tertiary/aromatic N) is 3. The lowest BCUT2D eigenvalue weighted by Crippen LogP contribution is -2.15. The van der Waals surface area contributed by atoms with E-state index in [1.165, 1.54) is 22.9 Å². The zero-order chi connectivity index (χ0) is 21.0. The molecule has 3 aromatic rings. The SMILES string of the molecule is Cc1cccc(NC(=O)CSc2nnc(CNc3c(C)cccc3C)n2C)c1C. The Morgan fingerprint density at radius 3 is 2.38 bits per heavy atom. The molecule has 0 aliphatic rings. The first-order valence-corrected chi connectivity index (χ1v) is 10.5. The van der Waals surface area contributed by atoms with Crippen LogP contribution in [0, 0.1) is 27.7 Å². The maximum atomic E-state index is 12.4. The summed E-state index contributed by atoms with van der Waals surface area (Å²) in [5.41, 5.74) is 6.62. The first-order chi connectivity index (χ1) is 13.9. The van der Waals surface area contributed by atoms with Crippen molar-refractivity contribution in [1.29, 1.82) is 0 Å². The van der Waals surface area contributed by atoms with Gasteiger partial charge < -0.3 is 15.2 Å². The molecule has 152 valence electrons. The summed E-state index contributed by atoms with van der Waals surface area (Å²) in [6.45, 7) is 8.79. The van der Waals surface area contributed by atoms with Gasteiger partial charge in [0.25, 0.3) is 0 Å². The van der Waals surface area contributed by atoms with Crippen molar-refractivity contribution in [1.82, 2.24) is 14.8 Å². The largest absolute Gasteiger partial charge is 0.377 e. The lowest BCUT2D eigenvalue weighted by Gasteiger charge is -2.12. The Hall–Kier alpha value is -2.80. The van der Waals surface area contributed by atoms with Gasteiger partial charge in [-0.2, -0.15) is 0 Å². The highest BCUT2D eigenvalue weighted by Crippen LogP contribution is 2.22. The predicted molar refractivity (Wildman–Crippen MR) is 120 cm³/mol. The Bertz CT molecular complexity index is 1010. The van der Waals surface area contributed by atoms with E-state index in [1.807, 2.05) is 43.7 Å². The van der Waals surface area contributed by atoms with Crippen molar-refractivity contribution in [3.8, 4) is 0 Å². The molecule has 0 unspecified atom stereocenters. The summed E-state index contributed by atoms with van der Waals surface area (Å²) < 4.78 is 1.93. The Balaban J connectivity index is 1.58.